The fourth-order valence-corrected chi connectivity index (χ4v) is 1.81. The Morgan fingerprint density at radius 1 is 1.18 bits per heavy atom. The molecule has 0 aliphatic carbocycles. The van der Waals surface area contributed by atoms with E-state index in [-0.39, 0.29) is 18.3 Å². The second-order valence-electron chi connectivity index (χ2n) is 3.92. The summed E-state index contributed by atoms with van der Waals surface area (Å²) in [5.74, 6) is 0.101. The van der Waals surface area contributed by atoms with E-state index in [1.165, 1.54) is 5.56 Å². The van der Waals surface area contributed by atoms with Crippen LogP contribution in [0.15, 0.2) is 36.4 Å². The molecule has 1 heterocycles. The first kappa shape index (κ1) is 13.7. The maximum atomic E-state index is 12.0. The number of hydrogen-bond donors (Lipinski definition) is 1. The van der Waals surface area contributed by atoms with Crippen molar-refractivity contribution in [1.29, 1.82) is 0 Å². The number of amides is 1. The number of rotatable bonds is 3. The minimum atomic E-state index is 0. The maximum Gasteiger partial charge on any atom is 0.254 e. The predicted molar refractivity (Wildman–Crippen MR) is 71.5 cm³/mol. The van der Waals surface area contributed by atoms with Crippen LogP contribution in [0.1, 0.15) is 15.9 Å². The van der Waals surface area contributed by atoms with Gasteiger partial charge in [0, 0.05) is 18.7 Å². The standard InChI is InChI=1S/C13H16N2O.ClH/c14-8-7-11-3-5-12(6-4-11)13(16)15-9-1-2-10-15;/h1-6H,7-10,14H2;1H. The average molecular weight is 253 g/mol. The second kappa shape index (κ2) is 6.42. The van der Waals surface area contributed by atoms with Crippen LogP contribution in [0.3, 0.4) is 0 Å². The zero-order chi connectivity index (χ0) is 11.4. The molecule has 17 heavy (non-hydrogen) atoms. The van der Waals surface area contributed by atoms with Gasteiger partial charge < -0.3 is 10.6 Å². The van der Waals surface area contributed by atoms with Gasteiger partial charge >= 0.3 is 0 Å². The van der Waals surface area contributed by atoms with Crippen LogP contribution in [0.2, 0.25) is 0 Å². The van der Waals surface area contributed by atoms with Crippen LogP contribution < -0.4 is 5.73 Å². The molecule has 1 aliphatic heterocycles. The van der Waals surface area contributed by atoms with Gasteiger partial charge in [-0.25, -0.2) is 0 Å². The van der Waals surface area contributed by atoms with E-state index in [2.05, 4.69) is 0 Å². The zero-order valence-electron chi connectivity index (χ0n) is 9.63. The normalized spacial score (nSPS) is 13.6. The SMILES string of the molecule is Cl.NCCc1ccc(C(=O)N2CC=CC2)cc1. The Labute approximate surface area is 108 Å². The highest BCUT2D eigenvalue weighted by Gasteiger charge is 2.15. The summed E-state index contributed by atoms with van der Waals surface area (Å²) >= 11 is 0. The van der Waals surface area contributed by atoms with Gasteiger partial charge in [0.25, 0.3) is 5.91 Å². The van der Waals surface area contributed by atoms with Crippen LogP contribution in [0.4, 0.5) is 0 Å². The maximum absolute atomic E-state index is 12.0. The third kappa shape index (κ3) is 3.32. The molecular weight excluding hydrogens is 236 g/mol. The number of hydrogen-bond acceptors (Lipinski definition) is 2. The summed E-state index contributed by atoms with van der Waals surface area (Å²) < 4.78 is 0. The minimum absolute atomic E-state index is 0. The molecule has 0 bridgehead atoms. The van der Waals surface area contributed by atoms with Gasteiger partial charge in [0.05, 0.1) is 0 Å². The quantitative estimate of drug-likeness (QED) is 0.831. The number of halogens is 1. The molecule has 92 valence electrons. The molecule has 1 amide bonds. The van der Waals surface area contributed by atoms with E-state index in [0.717, 1.165) is 25.1 Å². The van der Waals surface area contributed by atoms with Crippen molar-refractivity contribution in [2.24, 2.45) is 5.73 Å². The molecular formula is C13H17ClN2O. The van der Waals surface area contributed by atoms with Gasteiger partial charge in [-0.1, -0.05) is 24.3 Å². The summed E-state index contributed by atoms with van der Waals surface area (Å²) in [5.41, 5.74) is 7.41. The average Bonchev–Trinajstić information content (AvgIpc) is 2.83. The van der Waals surface area contributed by atoms with Crippen molar-refractivity contribution in [3.05, 3.63) is 47.5 Å². The number of nitrogens with zero attached hydrogens (tertiary/aromatic N) is 1. The van der Waals surface area contributed by atoms with Crippen LogP contribution in [0.5, 0.6) is 0 Å². The number of nitrogens with two attached hydrogens (primary N) is 1. The zero-order valence-corrected chi connectivity index (χ0v) is 10.5. The van der Waals surface area contributed by atoms with E-state index >= 15 is 0 Å². The summed E-state index contributed by atoms with van der Waals surface area (Å²) in [6.07, 6.45) is 4.89. The third-order valence-electron chi connectivity index (χ3n) is 2.74. The van der Waals surface area contributed by atoms with Gasteiger partial charge in [0.15, 0.2) is 0 Å². The smallest absolute Gasteiger partial charge is 0.254 e. The van der Waals surface area contributed by atoms with Crippen LogP contribution in [-0.2, 0) is 6.42 Å². The van der Waals surface area contributed by atoms with Crippen molar-refractivity contribution >= 4 is 18.3 Å². The Morgan fingerprint density at radius 3 is 2.29 bits per heavy atom. The van der Waals surface area contributed by atoms with E-state index in [1.54, 1.807) is 0 Å². The Kier molecular flexibility index (Phi) is 5.19. The van der Waals surface area contributed by atoms with Gasteiger partial charge in [-0.2, -0.15) is 0 Å². The van der Waals surface area contributed by atoms with Gasteiger partial charge in [0.1, 0.15) is 0 Å². The van der Waals surface area contributed by atoms with Crippen molar-refractivity contribution in [2.45, 2.75) is 6.42 Å². The monoisotopic (exact) mass is 252 g/mol. The summed E-state index contributed by atoms with van der Waals surface area (Å²) in [5, 5.41) is 0. The molecule has 0 aromatic heterocycles. The highest BCUT2D eigenvalue weighted by Crippen LogP contribution is 2.10. The van der Waals surface area contributed by atoms with Crippen molar-refractivity contribution in [3.63, 3.8) is 0 Å². The van der Waals surface area contributed by atoms with Crippen molar-refractivity contribution in [2.75, 3.05) is 19.6 Å². The lowest BCUT2D eigenvalue weighted by Gasteiger charge is -2.15. The first-order valence-corrected chi connectivity index (χ1v) is 5.54. The highest BCUT2D eigenvalue weighted by molar-refractivity contribution is 5.94. The lowest BCUT2D eigenvalue weighted by Crippen LogP contribution is -2.28. The fourth-order valence-electron chi connectivity index (χ4n) is 1.81. The molecule has 1 aliphatic rings. The fraction of sp³-hybridized carbons (Fsp3) is 0.308. The molecule has 0 fully saturated rings. The van der Waals surface area contributed by atoms with E-state index < -0.39 is 0 Å². The largest absolute Gasteiger partial charge is 0.331 e. The summed E-state index contributed by atoms with van der Waals surface area (Å²) in [7, 11) is 0. The molecule has 0 unspecified atom stereocenters. The van der Waals surface area contributed by atoms with Gasteiger partial charge in [-0.05, 0) is 30.7 Å². The van der Waals surface area contributed by atoms with Crippen LogP contribution >= 0.6 is 12.4 Å². The van der Waals surface area contributed by atoms with Crippen molar-refractivity contribution < 1.29 is 4.79 Å². The molecule has 4 heteroatoms. The van der Waals surface area contributed by atoms with Crippen LogP contribution in [-0.4, -0.2) is 30.4 Å². The Balaban J connectivity index is 0.00000144. The Morgan fingerprint density at radius 2 is 1.76 bits per heavy atom. The number of carbonyl (C=O) groups excluding carboxylic acids is 1. The molecule has 1 aromatic carbocycles. The topological polar surface area (TPSA) is 46.3 Å². The number of carbonyl (C=O) groups is 1. The van der Waals surface area contributed by atoms with Crippen molar-refractivity contribution in [3.8, 4) is 0 Å². The molecule has 3 nitrogen and oxygen atoms in total. The second-order valence-corrected chi connectivity index (χ2v) is 3.92. The van der Waals surface area contributed by atoms with E-state index in [4.69, 9.17) is 5.73 Å². The lowest BCUT2D eigenvalue weighted by molar-refractivity contribution is 0.0800. The minimum Gasteiger partial charge on any atom is -0.331 e. The highest BCUT2D eigenvalue weighted by atomic mass is 35.5. The third-order valence-corrected chi connectivity index (χ3v) is 2.74. The predicted octanol–water partition coefficient (Wildman–Crippen LogP) is 1.62. The molecule has 1 aromatic rings. The lowest BCUT2D eigenvalue weighted by atomic mass is 10.1. The van der Waals surface area contributed by atoms with E-state index in [0.29, 0.717) is 6.54 Å². The van der Waals surface area contributed by atoms with Crippen molar-refractivity contribution in [1.82, 2.24) is 4.90 Å². The molecule has 0 atom stereocenters. The summed E-state index contributed by atoms with van der Waals surface area (Å²) in [6.45, 7) is 2.09. The molecule has 2 rings (SSSR count). The van der Waals surface area contributed by atoms with Gasteiger partial charge in [-0.3, -0.25) is 4.79 Å². The van der Waals surface area contributed by atoms with E-state index in [1.807, 2.05) is 41.3 Å². The Bertz CT molecular complexity index is 392. The van der Waals surface area contributed by atoms with E-state index in [9.17, 15) is 4.79 Å². The van der Waals surface area contributed by atoms with Gasteiger partial charge in [0.2, 0.25) is 0 Å². The molecule has 0 saturated heterocycles. The summed E-state index contributed by atoms with van der Waals surface area (Å²) in [4.78, 5) is 13.8. The molecule has 2 N–H and O–H groups in total. The number of benzene rings is 1. The Hall–Kier alpha value is -1.32. The first-order valence-electron chi connectivity index (χ1n) is 5.54. The van der Waals surface area contributed by atoms with Crippen LogP contribution in [0, 0.1) is 0 Å². The van der Waals surface area contributed by atoms with Gasteiger partial charge in [-0.15, -0.1) is 12.4 Å². The van der Waals surface area contributed by atoms with Crippen LogP contribution in [0.25, 0.3) is 0 Å². The summed E-state index contributed by atoms with van der Waals surface area (Å²) in [6, 6.07) is 7.71. The first-order chi connectivity index (χ1) is 7.81. The molecule has 0 saturated carbocycles. The molecule has 0 spiro atoms. The molecule has 0 radical (unpaired) electrons.